The standard InChI is InChI=1S/C17H19NO5S/c1-21-14-9-7-13(8-10-14)18-24(19,20)12-11-15-16(22-2)5-4-6-17(15)23-3/h4-12,18H,1-3H3/b12-11+. The molecule has 0 aliphatic heterocycles. The Bertz CT molecular complexity index is 791. The van der Waals surface area contributed by atoms with Crippen molar-refractivity contribution >= 4 is 21.8 Å². The van der Waals surface area contributed by atoms with E-state index in [4.69, 9.17) is 14.2 Å². The van der Waals surface area contributed by atoms with Crippen LogP contribution in [0, 0.1) is 0 Å². The molecule has 2 aromatic rings. The zero-order valence-corrected chi connectivity index (χ0v) is 14.5. The second-order valence-electron chi connectivity index (χ2n) is 4.75. The van der Waals surface area contributed by atoms with Crippen molar-refractivity contribution in [3.8, 4) is 17.2 Å². The first-order valence-electron chi connectivity index (χ1n) is 7.05. The van der Waals surface area contributed by atoms with E-state index < -0.39 is 10.0 Å². The normalized spacial score (nSPS) is 11.3. The first-order valence-corrected chi connectivity index (χ1v) is 8.59. The molecule has 2 aromatic carbocycles. The molecule has 0 spiro atoms. The van der Waals surface area contributed by atoms with Gasteiger partial charge in [0, 0.05) is 5.69 Å². The van der Waals surface area contributed by atoms with Crippen LogP contribution in [0.25, 0.3) is 6.08 Å². The van der Waals surface area contributed by atoms with Crippen LogP contribution in [0.3, 0.4) is 0 Å². The Kier molecular flexibility index (Phi) is 5.70. The van der Waals surface area contributed by atoms with Gasteiger partial charge in [-0.3, -0.25) is 4.72 Å². The monoisotopic (exact) mass is 349 g/mol. The van der Waals surface area contributed by atoms with E-state index >= 15 is 0 Å². The summed E-state index contributed by atoms with van der Waals surface area (Å²) in [7, 11) is 0.880. The number of ether oxygens (including phenoxy) is 3. The predicted octanol–water partition coefficient (Wildman–Crippen LogP) is 3.13. The Morgan fingerprint density at radius 1 is 0.875 bits per heavy atom. The zero-order valence-electron chi connectivity index (χ0n) is 13.6. The average molecular weight is 349 g/mol. The van der Waals surface area contributed by atoms with Crippen molar-refractivity contribution < 1.29 is 22.6 Å². The topological polar surface area (TPSA) is 73.9 Å². The fourth-order valence-electron chi connectivity index (χ4n) is 2.06. The number of rotatable bonds is 7. The van der Waals surface area contributed by atoms with Gasteiger partial charge in [-0.2, -0.15) is 0 Å². The minimum absolute atomic E-state index is 0.437. The van der Waals surface area contributed by atoms with Gasteiger partial charge < -0.3 is 14.2 Å². The van der Waals surface area contributed by atoms with Gasteiger partial charge in [-0.25, -0.2) is 8.42 Å². The highest BCUT2D eigenvalue weighted by atomic mass is 32.2. The van der Waals surface area contributed by atoms with E-state index in [0.717, 1.165) is 5.41 Å². The van der Waals surface area contributed by atoms with Gasteiger partial charge in [0.05, 0.1) is 32.3 Å². The summed E-state index contributed by atoms with van der Waals surface area (Å²) in [5.74, 6) is 1.68. The SMILES string of the molecule is COc1ccc(NS(=O)(=O)/C=C/c2c(OC)cccc2OC)cc1. The second kappa shape index (κ2) is 7.74. The minimum Gasteiger partial charge on any atom is -0.497 e. The number of sulfonamides is 1. The molecule has 0 bridgehead atoms. The fraction of sp³-hybridized carbons (Fsp3) is 0.176. The molecule has 0 aliphatic carbocycles. The largest absolute Gasteiger partial charge is 0.497 e. The lowest BCUT2D eigenvalue weighted by Gasteiger charge is -2.10. The highest BCUT2D eigenvalue weighted by Crippen LogP contribution is 2.29. The summed E-state index contributed by atoms with van der Waals surface area (Å²) in [6, 6.07) is 11.8. The highest BCUT2D eigenvalue weighted by Gasteiger charge is 2.10. The quantitative estimate of drug-likeness (QED) is 0.831. The van der Waals surface area contributed by atoms with E-state index in [-0.39, 0.29) is 0 Å². The molecule has 0 amide bonds. The van der Waals surface area contributed by atoms with Crippen LogP contribution in [-0.4, -0.2) is 29.7 Å². The fourth-order valence-corrected chi connectivity index (χ4v) is 2.91. The number of hydrogen-bond donors (Lipinski definition) is 1. The molecule has 2 rings (SSSR count). The van der Waals surface area contributed by atoms with Crippen molar-refractivity contribution in [1.82, 2.24) is 0 Å². The minimum atomic E-state index is -3.68. The van der Waals surface area contributed by atoms with Gasteiger partial charge in [-0.1, -0.05) is 6.07 Å². The Labute approximate surface area is 141 Å². The van der Waals surface area contributed by atoms with Crippen molar-refractivity contribution in [2.75, 3.05) is 26.1 Å². The summed E-state index contributed by atoms with van der Waals surface area (Å²) in [5, 5.41) is 1.07. The first-order chi connectivity index (χ1) is 11.5. The van der Waals surface area contributed by atoms with Gasteiger partial charge >= 0.3 is 0 Å². The van der Waals surface area contributed by atoms with Crippen molar-refractivity contribution in [3.63, 3.8) is 0 Å². The van der Waals surface area contributed by atoms with Crippen LogP contribution in [0.15, 0.2) is 47.9 Å². The Morgan fingerprint density at radius 3 is 1.96 bits per heavy atom. The molecule has 6 nitrogen and oxygen atoms in total. The van der Waals surface area contributed by atoms with Gasteiger partial charge in [0.25, 0.3) is 10.0 Å². The molecule has 0 aliphatic rings. The Morgan fingerprint density at radius 2 is 1.46 bits per heavy atom. The summed E-state index contributed by atoms with van der Waals surface area (Å²) in [5.41, 5.74) is 0.982. The van der Waals surface area contributed by atoms with Gasteiger partial charge in [0.15, 0.2) is 0 Å². The first kappa shape index (κ1) is 17.7. The summed E-state index contributed by atoms with van der Waals surface area (Å²) >= 11 is 0. The third kappa shape index (κ3) is 4.42. The lowest BCUT2D eigenvalue weighted by molar-refractivity contribution is 0.392. The molecule has 7 heteroatoms. The molecule has 0 saturated carbocycles. The summed E-state index contributed by atoms with van der Waals surface area (Å²) in [6.45, 7) is 0. The lowest BCUT2D eigenvalue weighted by Crippen LogP contribution is -2.08. The van der Waals surface area contributed by atoms with Crippen LogP contribution in [0.1, 0.15) is 5.56 Å². The molecule has 0 radical (unpaired) electrons. The zero-order chi connectivity index (χ0) is 17.6. The lowest BCUT2D eigenvalue weighted by atomic mass is 10.2. The van der Waals surface area contributed by atoms with Crippen LogP contribution in [0.5, 0.6) is 17.2 Å². The van der Waals surface area contributed by atoms with E-state index in [1.54, 1.807) is 49.6 Å². The molecular weight excluding hydrogens is 330 g/mol. The third-order valence-electron chi connectivity index (χ3n) is 3.23. The van der Waals surface area contributed by atoms with E-state index in [0.29, 0.717) is 28.5 Å². The summed E-state index contributed by atoms with van der Waals surface area (Å²) in [4.78, 5) is 0. The number of benzene rings is 2. The van der Waals surface area contributed by atoms with E-state index in [2.05, 4.69) is 4.72 Å². The van der Waals surface area contributed by atoms with E-state index in [1.165, 1.54) is 20.3 Å². The molecule has 1 N–H and O–H groups in total. The molecule has 0 atom stereocenters. The molecule has 0 aromatic heterocycles. The van der Waals surface area contributed by atoms with Crippen LogP contribution < -0.4 is 18.9 Å². The van der Waals surface area contributed by atoms with Crippen molar-refractivity contribution in [2.24, 2.45) is 0 Å². The maximum Gasteiger partial charge on any atom is 0.255 e. The average Bonchev–Trinajstić information content (AvgIpc) is 2.60. The highest BCUT2D eigenvalue weighted by molar-refractivity contribution is 7.95. The summed E-state index contributed by atoms with van der Waals surface area (Å²) < 4.78 is 42.4. The van der Waals surface area contributed by atoms with Gasteiger partial charge in [-0.15, -0.1) is 0 Å². The molecule has 0 heterocycles. The maximum atomic E-state index is 12.2. The van der Waals surface area contributed by atoms with Gasteiger partial charge in [0.1, 0.15) is 17.2 Å². The summed E-state index contributed by atoms with van der Waals surface area (Å²) in [6.07, 6.45) is 1.43. The predicted molar refractivity (Wildman–Crippen MR) is 94.1 cm³/mol. The molecule has 0 saturated heterocycles. The maximum absolute atomic E-state index is 12.2. The Hall–Kier alpha value is -2.67. The molecular formula is C17H19NO5S. The van der Waals surface area contributed by atoms with Crippen LogP contribution in [0.2, 0.25) is 0 Å². The van der Waals surface area contributed by atoms with Crippen LogP contribution >= 0.6 is 0 Å². The number of methoxy groups -OCH3 is 3. The van der Waals surface area contributed by atoms with Crippen molar-refractivity contribution in [3.05, 3.63) is 53.4 Å². The smallest absolute Gasteiger partial charge is 0.255 e. The number of anilines is 1. The van der Waals surface area contributed by atoms with Crippen molar-refractivity contribution in [1.29, 1.82) is 0 Å². The van der Waals surface area contributed by atoms with Gasteiger partial charge in [-0.05, 0) is 42.5 Å². The van der Waals surface area contributed by atoms with Crippen LogP contribution in [-0.2, 0) is 10.0 Å². The molecule has 0 unspecified atom stereocenters. The molecule has 128 valence electrons. The number of hydrogen-bond acceptors (Lipinski definition) is 5. The van der Waals surface area contributed by atoms with Crippen molar-refractivity contribution in [2.45, 2.75) is 0 Å². The molecule has 0 fully saturated rings. The van der Waals surface area contributed by atoms with E-state index in [1.807, 2.05) is 0 Å². The van der Waals surface area contributed by atoms with Gasteiger partial charge in [0.2, 0.25) is 0 Å². The number of nitrogens with one attached hydrogen (secondary N) is 1. The Balaban J connectivity index is 2.23. The van der Waals surface area contributed by atoms with Crippen LogP contribution in [0.4, 0.5) is 5.69 Å². The second-order valence-corrected chi connectivity index (χ2v) is 6.32. The van der Waals surface area contributed by atoms with E-state index in [9.17, 15) is 8.42 Å². The molecule has 24 heavy (non-hydrogen) atoms. The third-order valence-corrected chi connectivity index (χ3v) is 4.24.